The minimum atomic E-state index is 0.563. The molecule has 3 N–H and O–H groups in total. The summed E-state index contributed by atoms with van der Waals surface area (Å²) >= 11 is 0. The second-order valence-electron chi connectivity index (χ2n) is 3.37. The van der Waals surface area contributed by atoms with Crippen LogP contribution in [0, 0.1) is 0 Å². The third-order valence-corrected chi connectivity index (χ3v) is 2.09. The molecule has 0 aliphatic rings. The average Bonchev–Trinajstić information content (AvgIpc) is 2.33. The Hall–Kier alpha value is -1.40. The lowest BCUT2D eigenvalue weighted by Gasteiger charge is -2.17. The maximum absolute atomic E-state index is 5.39. The lowest BCUT2D eigenvalue weighted by molar-refractivity contribution is 0.206. The van der Waals surface area contributed by atoms with Crippen LogP contribution < -0.4 is 16.0 Å². The number of rotatable bonds is 7. The molecule has 0 bridgehead atoms. The SMILES string of the molecule is COCCN(C)c1ccnc(NCCN)n1. The van der Waals surface area contributed by atoms with Crippen LogP contribution in [0.25, 0.3) is 0 Å². The van der Waals surface area contributed by atoms with Crippen LogP contribution >= 0.6 is 0 Å². The third kappa shape index (κ3) is 4.00. The molecule has 16 heavy (non-hydrogen) atoms. The number of ether oxygens (including phenoxy) is 1. The molecule has 1 aromatic rings. The van der Waals surface area contributed by atoms with Crippen molar-refractivity contribution in [2.45, 2.75) is 0 Å². The number of hydrogen-bond acceptors (Lipinski definition) is 6. The molecule has 0 saturated heterocycles. The minimum absolute atomic E-state index is 0.563. The van der Waals surface area contributed by atoms with E-state index in [0.29, 0.717) is 25.6 Å². The van der Waals surface area contributed by atoms with Crippen molar-refractivity contribution in [3.05, 3.63) is 12.3 Å². The Bertz CT molecular complexity index is 307. The van der Waals surface area contributed by atoms with Gasteiger partial charge in [0.2, 0.25) is 5.95 Å². The zero-order valence-corrected chi connectivity index (χ0v) is 9.81. The maximum Gasteiger partial charge on any atom is 0.224 e. The molecular formula is C10H19N5O. The van der Waals surface area contributed by atoms with Crippen LogP contribution in [0.15, 0.2) is 12.3 Å². The lowest BCUT2D eigenvalue weighted by atomic mass is 10.5. The second-order valence-corrected chi connectivity index (χ2v) is 3.37. The number of hydrogen-bond donors (Lipinski definition) is 2. The van der Waals surface area contributed by atoms with Crippen LogP contribution in [-0.4, -0.2) is 50.4 Å². The standard InChI is InChI=1S/C10H19N5O/c1-15(7-8-16-2)9-3-5-12-10(14-9)13-6-4-11/h3,5H,4,6-8,11H2,1-2H3,(H,12,13,14). The molecule has 1 heterocycles. The summed E-state index contributed by atoms with van der Waals surface area (Å²) in [5, 5.41) is 3.04. The van der Waals surface area contributed by atoms with Gasteiger partial charge in [-0.2, -0.15) is 4.98 Å². The molecule has 0 unspecified atom stereocenters. The van der Waals surface area contributed by atoms with Crippen molar-refractivity contribution >= 4 is 11.8 Å². The van der Waals surface area contributed by atoms with Gasteiger partial charge >= 0.3 is 0 Å². The van der Waals surface area contributed by atoms with Gasteiger partial charge in [0.05, 0.1) is 6.61 Å². The van der Waals surface area contributed by atoms with Gasteiger partial charge in [0.25, 0.3) is 0 Å². The quantitative estimate of drug-likeness (QED) is 0.676. The summed E-state index contributed by atoms with van der Waals surface area (Å²) in [4.78, 5) is 10.5. The number of methoxy groups -OCH3 is 1. The molecule has 0 spiro atoms. The molecule has 1 rings (SSSR count). The third-order valence-electron chi connectivity index (χ3n) is 2.09. The fourth-order valence-electron chi connectivity index (χ4n) is 1.17. The molecule has 6 nitrogen and oxygen atoms in total. The number of nitrogens with two attached hydrogens (primary N) is 1. The molecule has 0 fully saturated rings. The van der Waals surface area contributed by atoms with Gasteiger partial charge in [-0.25, -0.2) is 4.98 Å². The first-order valence-corrected chi connectivity index (χ1v) is 5.25. The van der Waals surface area contributed by atoms with E-state index in [1.165, 1.54) is 0 Å². The van der Waals surface area contributed by atoms with Crippen LogP contribution in [0.1, 0.15) is 0 Å². The number of nitrogens with zero attached hydrogens (tertiary/aromatic N) is 3. The number of aromatic nitrogens is 2. The van der Waals surface area contributed by atoms with Crippen LogP contribution in [0.5, 0.6) is 0 Å². The highest BCUT2D eigenvalue weighted by molar-refractivity contribution is 5.41. The van der Waals surface area contributed by atoms with Gasteiger partial charge in [-0.3, -0.25) is 0 Å². The fourth-order valence-corrected chi connectivity index (χ4v) is 1.17. The summed E-state index contributed by atoms with van der Waals surface area (Å²) < 4.78 is 5.01. The zero-order chi connectivity index (χ0) is 11.8. The lowest BCUT2D eigenvalue weighted by Crippen LogP contribution is -2.23. The number of nitrogens with one attached hydrogen (secondary N) is 1. The van der Waals surface area contributed by atoms with E-state index in [9.17, 15) is 0 Å². The van der Waals surface area contributed by atoms with Crippen molar-refractivity contribution in [1.29, 1.82) is 0 Å². The van der Waals surface area contributed by atoms with Gasteiger partial charge in [0, 0.05) is 40.0 Å². The molecule has 0 aliphatic heterocycles. The molecule has 0 aromatic carbocycles. The van der Waals surface area contributed by atoms with Gasteiger partial charge in [-0.1, -0.05) is 0 Å². The molecule has 0 amide bonds. The summed E-state index contributed by atoms with van der Waals surface area (Å²) in [5.74, 6) is 1.47. The molecule has 0 atom stereocenters. The molecular weight excluding hydrogens is 206 g/mol. The van der Waals surface area contributed by atoms with Crippen LogP contribution in [0.2, 0.25) is 0 Å². The van der Waals surface area contributed by atoms with Crippen molar-refractivity contribution in [3.8, 4) is 0 Å². The Labute approximate surface area is 95.8 Å². The van der Waals surface area contributed by atoms with Gasteiger partial charge in [-0.15, -0.1) is 0 Å². The summed E-state index contributed by atoms with van der Waals surface area (Å²) in [6.07, 6.45) is 1.73. The first-order chi connectivity index (χ1) is 7.77. The van der Waals surface area contributed by atoms with E-state index in [4.69, 9.17) is 10.5 Å². The van der Waals surface area contributed by atoms with E-state index in [0.717, 1.165) is 12.4 Å². The summed E-state index contributed by atoms with van der Waals surface area (Å²) in [6, 6.07) is 1.86. The molecule has 0 radical (unpaired) electrons. The Kier molecular flexibility index (Phi) is 5.52. The van der Waals surface area contributed by atoms with Gasteiger partial charge in [0.15, 0.2) is 0 Å². The predicted molar refractivity (Wildman–Crippen MR) is 64.7 cm³/mol. The molecule has 6 heteroatoms. The highest BCUT2D eigenvalue weighted by Gasteiger charge is 2.03. The average molecular weight is 225 g/mol. The molecule has 1 aromatic heterocycles. The Balaban J connectivity index is 2.58. The zero-order valence-electron chi connectivity index (χ0n) is 9.81. The van der Waals surface area contributed by atoms with E-state index in [1.807, 2.05) is 18.0 Å². The molecule has 90 valence electrons. The molecule has 0 saturated carbocycles. The van der Waals surface area contributed by atoms with E-state index < -0.39 is 0 Å². The summed E-state index contributed by atoms with van der Waals surface area (Å²) in [5.41, 5.74) is 5.39. The fraction of sp³-hybridized carbons (Fsp3) is 0.600. The number of anilines is 2. The van der Waals surface area contributed by atoms with Crippen molar-refractivity contribution in [3.63, 3.8) is 0 Å². The number of likely N-dealkylation sites (N-methyl/N-ethyl adjacent to an activating group) is 1. The van der Waals surface area contributed by atoms with Crippen LogP contribution in [0.3, 0.4) is 0 Å². The summed E-state index contributed by atoms with van der Waals surface area (Å²) in [7, 11) is 3.65. The first-order valence-electron chi connectivity index (χ1n) is 5.25. The highest BCUT2D eigenvalue weighted by atomic mass is 16.5. The van der Waals surface area contributed by atoms with E-state index in [-0.39, 0.29) is 0 Å². The smallest absolute Gasteiger partial charge is 0.224 e. The van der Waals surface area contributed by atoms with E-state index in [2.05, 4.69) is 15.3 Å². The first kappa shape index (κ1) is 12.7. The largest absolute Gasteiger partial charge is 0.383 e. The van der Waals surface area contributed by atoms with Crippen molar-refractivity contribution < 1.29 is 4.74 Å². The highest BCUT2D eigenvalue weighted by Crippen LogP contribution is 2.09. The van der Waals surface area contributed by atoms with E-state index >= 15 is 0 Å². The predicted octanol–water partition coefficient (Wildman–Crippen LogP) is -0.0702. The maximum atomic E-state index is 5.39. The van der Waals surface area contributed by atoms with Crippen LogP contribution in [0.4, 0.5) is 11.8 Å². The second kappa shape index (κ2) is 6.97. The topological polar surface area (TPSA) is 76.3 Å². The Morgan fingerprint density at radius 3 is 3.06 bits per heavy atom. The van der Waals surface area contributed by atoms with Gasteiger partial charge in [0.1, 0.15) is 5.82 Å². The normalized spacial score (nSPS) is 10.2. The van der Waals surface area contributed by atoms with Crippen LogP contribution in [-0.2, 0) is 4.74 Å². The van der Waals surface area contributed by atoms with E-state index in [1.54, 1.807) is 13.3 Å². The Morgan fingerprint density at radius 2 is 2.38 bits per heavy atom. The van der Waals surface area contributed by atoms with Gasteiger partial charge < -0.3 is 20.7 Å². The monoisotopic (exact) mass is 225 g/mol. The summed E-state index contributed by atoms with van der Waals surface area (Å²) in [6.45, 7) is 2.70. The minimum Gasteiger partial charge on any atom is -0.383 e. The molecule has 0 aliphatic carbocycles. The van der Waals surface area contributed by atoms with Crippen molar-refractivity contribution in [1.82, 2.24) is 9.97 Å². The van der Waals surface area contributed by atoms with Gasteiger partial charge in [-0.05, 0) is 6.07 Å². The van der Waals surface area contributed by atoms with Crippen molar-refractivity contribution in [2.24, 2.45) is 5.73 Å². The van der Waals surface area contributed by atoms with Crippen molar-refractivity contribution in [2.75, 3.05) is 50.6 Å². The Morgan fingerprint density at radius 1 is 1.56 bits per heavy atom.